The summed E-state index contributed by atoms with van der Waals surface area (Å²) in [6.07, 6.45) is 15.2. The molecule has 0 saturated carbocycles. The number of benzene rings is 8. The van der Waals surface area contributed by atoms with Crippen molar-refractivity contribution in [1.82, 2.24) is 0 Å². The van der Waals surface area contributed by atoms with E-state index in [2.05, 4.69) is 21.3 Å². The van der Waals surface area contributed by atoms with Crippen LogP contribution in [0.3, 0.4) is 0 Å². The normalized spacial score (nSPS) is 14.6. The zero-order chi connectivity index (χ0) is 63.2. The van der Waals surface area contributed by atoms with Gasteiger partial charge in [-0.2, -0.15) is 0 Å². The van der Waals surface area contributed by atoms with Crippen LogP contribution in [0.1, 0.15) is 85.9 Å². The molecule has 16 heteroatoms. The van der Waals surface area contributed by atoms with Crippen molar-refractivity contribution in [1.29, 1.82) is 0 Å². The lowest BCUT2D eigenvalue weighted by Crippen LogP contribution is -2.16. The van der Waals surface area contributed by atoms with E-state index >= 15 is 0 Å². The predicted molar refractivity (Wildman–Crippen MR) is 376 cm³/mol. The standard InChI is InChI=1S/C76H52Cl4N8O4/c77-41-45-17-1-5-21-49(45)73(89)85-57-29-13-9-25-53(57)69-61-33-35-63(81-61)70(54-26-10-14-30-58(54)86-74(90)50-22-6-2-18-46(50)42-78)65-37-39-67(83-65)72(56-28-12-16-32-60(56)88-76(92)52-24-8-4-20-48(52)44-80)68-40-38-66(84-68)71(64-36-34-62(69)82-64)55-27-11-15-31-59(55)87-75(91)51-23-7-3-19-47(51)43-79/h1-40H,41-44H2,(H,85,89)(H,86,90)(H,87,91)(H,88,92). The van der Waals surface area contributed by atoms with Gasteiger partial charge in [0.15, 0.2) is 0 Å². The molecule has 0 aliphatic carbocycles. The van der Waals surface area contributed by atoms with Crippen molar-refractivity contribution in [2.45, 2.75) is 23.5 Å². The van der Waals surface area contributed by atoms with E-state index in [9.17, 15) is 19.2 Å². The van der Waals surface area contributed by atoms with Gasteiger partial charge in [0.2, 0.25) is 0 Å². The highest BCUT2D eigenvalue weighted by Crippen LogP contribution is 2.43. The number of anilines is 4. The summed E-state index contributed by atoms with van der Waals surface area (Å²) < 4.78 is 0. The molecular formula is C76H52Cl4N8O4. The van der Waals surface area contributed by atoms with Gasteiger partial charge in [0.1, 0.15) is 0 Å². The number of nitrogens with one attached hydrogen (secondary N) is 4. The maximum Gasteiger partial charge on any atom is 0.256 e. The van der Waals surface area contributed by atoms with Crippen molar-refractivity contribution >= 4 is 138 Å². The van der Waals surface area contributed by atoms with Crippen LogP contribution in [0.4, 0.5) is 22.7 Å². The van der Waals surface area contributed by atoms with Crippen molar-refractivity contribution in [2.24, 2.45) is 20.0 Å². The number of amides is 4. The van der Waals surface area contributed by atoms with Crippen LogP contribution in [0.5, 0.6) is 0 Å². The Bertz CT molecular complexity index is 4240. The van der Waals surface area contributed by atoms with E-state index < -0.39 is 0 Å². The molecule has 5 aliphatic rings. The number of fused-ring (bicyclic) bond motifs is 4. The number of allylic oxidation sites excluding steroid dienone is 12. The van der Waals surface area contributed by atoms with Gasteiger partial charge >= 0.3 is 0 Å². The first-order valence-electron chi connectivity index (χ1n) is 29.4. The lowest BCUT2D eigenvalue weighted by atomic mass is 9.96. The van der Waals surface area contributed by atoms with Gasteiger partial charge in [0, 0.05) is 113 Å². The van der Waals surface area contributed by atoms with Gasteiger partial charge in [-0.3, -0.25) is 19.2 Å². The smallest absolute Gasteiger partial charge is 0.256 e. The van der Waals surface area contributed by atoms with Gasteiger partial charge < -0.3 is 21.3 Å². The highest BCUT2D eigenvalue weighted by molar-refractivity contribution is 6.41. The van der Waals surface area contributed by atoms with E-state index in [4.69, 9.17) is 66.4 Å². The van der Waals surface area contributed by atoms with E-state index in [1.54, 1.807) is 48.5 Å². The van der Waals surface area contributed by atoms with Crippen molar-refractivity contribution in [3.63, 3.8) is 0 Å². The van der Waals surface area contributed by atoms with Gasteiger partial charge in [0.25, 0.3) is 23.6 Å². The zero-order valence-electron chi connectivity index (χ0n) is 48.9. The van der Waals surface area contributed by atoms with Crippen LogP contribution in [0.2, 0.25) is 0 Å². The Kier molecular flexibility index (Phi) is 17.6. The van der Waals surface area contributed by atoms with Crippen molar-refractivity contribution in [2.75, 3.05) is 21.3 Å². The Labute approximate surface area is 550 Å². The summed E-state index contributed by atoms with van der Waals surface area (Å²) in [7, 11) is 0. The molecule has 4 N–H and O–H groups in total. The van der Waals surface area contributed by atoms with Crippen LogP contribution >= 0.6 is 46.4 Å². The van der Waals surface area contributed by atoms with Crippen molar-refractivity contribution in [3.8, 4) is 0 Å². The van der Waals surface area contributed by atoms with Crippen molar-refractivity contribution in [3.05, 3.63) is 332 Å². The number of carbonyl (C=O) groups is 4. The Morgan fingerprint density at radius 1 is 0.261 bits per heavy atom. The van der Waals surface area contributed by atoms with Crippen molar-refractivity contribution < 1.29 is 19.2 Å². The summed E-state index contributed by atoms with van der Waals surface area (Å²) in [6.45, 7) is 0. The minimum Gasteiger partial charge on any atom is -0.321 e. The molecule has 0 saturated heterocycles. The van der Waals surface area contributed by atoms with Gasteiger partial charge in [-0.05, 0) is 119 Å². The molecule has 5 aliphatic heterocycles. The lowest BCUT2D eigenvalue weighted by molar-refractivity contribution is 0.101. The predicted octanol–water partition coefficient (Wildman–Crippen LogP) is 17.7. The van der Waals surface area contributed by atoms with Crippen LogP contribution < -0.4 is 21.3 Å². The Morgan fingerprint density at radius 3 is 0.674 bits per heavy atom. The van der Waals surface area contributed by atoms with Gasteiger partial charge in [0.05, 0.1) is 45.6 Å². The van der Waals surface area contributed by atoms with Crippen LogP contribution in [-0.4, -0.2) is 46.5 Å². The van der Waals surface area contributed by atoms with Crippen LogP contribution in [0.15, 0.2) is 285 Å². The third kappa shape index (κ3) is 12.0. The maximum absolute atomic E-state index is 14.4. The molecule has 8 aromatic carbocycles. The monoisotopic (exact) mass is 1280 g/mol. The zero-order valence-corrected chi connectivity index (χ0v) is 51.9. The van der Waals surface area contributed by atoms with Gasteiger partial charge in [-0.1, -0.05) is 146 Å². The fourth-order valence-electron chi connectivity index (χ4n) is 11.6. The summed E-state index contributed by atoms with van der Waals surface area (Å²) in [5.41, 5.74) is 14.7. The van der Waals surface area contributed by atoms with Crippen LogP contribution in [-0.2, 0) is 23.5 Å². The van der Waals surface area contributed by atoms with Crippen LogP contribution in [0.25, 0.3) is 22.3 Å². The molecule has 92 heavy (non-hydrogen) atoms. The summed E-state index contributed by atoms with van der Waals surface area (Å²) in [4.78, 5) is 79.9. The van der Waals surface area contributed by atoms with E-state index in [1.165, 1.54) is 0 Å². The molecule has 5 heterocycles. The minimum atomic E-state index is -0.366. The number of aliphatic imine (C=N–C) groups is 4. The minimum absolute atomic E-state index is 0.122. The SMILES string of the molecule is O=C(Nc1ccccc1C1=C2C=CC(=N2)C(c2ccccc2NC(=O)c2ccccc2CCl)=C2C=CC(=N2)C(c2ccccc2NC(=O)c2ccccc2CCl)=C2C=CC(=N2)C(c2ccccc2NC(=O)c2ccccc2CCl)=C2C=CC1=N2)c1ccccc1CCl. The topological polar surface area (TPSA) is 166 Å². The van der Waals surface area contributed by atoms with E-state index in [1.807, 2.05) is 194 Å². The number of hydrogen-bond donors (Lipinski definition) is 4. The fourth-order valence-corrected chi connectivity index (χ4v) is 12.6. The molecule has 0 radical (unpaired) electrons. The Balaban J connectivity index is 1.07. The average Bonchev–Trinajstić information content (AvgIpc) is 1.60. The van der Waals surface area contributed by atoms with Gasteiger partial charge in [-0.25, -0.2) is 20.0 Å². The molecule has 13 rings (SSSR count). The third-order valence-electron chi connectivity index (χ3n) is 16.0. The molecule has 0 unspecified atom stereocenters. The van der Waals surface area contributed by atoms with E-state index in [-0.39, 0.29) is 47.1 Å². The maximum atomic E-state index is 14.4. The number of rotatable bonds is 16. The second kappa shape index (κ2) is 26.8. The highest BCUT2D eigenvalue weighted by atomic mass is 35.5. The molecule has 4 amide bonds. The van der Waals surface area contributed by atoms with Crippen LogP contribution in [0, 0.1) is 0 Å². The molecule has 0 fully saturated rings. The number of halogens is 4. The Hall–Kier alpha value is -10.6. The molecule has 448 valence electrons. The quantitative estimate of drug-likeness (QED) is 0.0708. The first-order chi connectivity index (χ1) is 45.1. The largest absolute Gasteiger partial charge is 0.321 e. The molecular weight excluding hydrogens is 1230 g/mol. The number of carbonyl (C=O) groups excluding carboxylic acids is 4. The molecule has 12 nitrogen and oxygen atoms in total. The van der Waals surface area contributed by atoms with E-state index in [0.29, 0.717) is 157 Å². The molecule has 8 aromatic rings. The number of nitrogens with zero attached hydrogens (tertiary/aromatic N) is 4. The van der Waals surface area contributed by atoms with E-state index in [0.717, 1.165) is 0 Å². The summed E-state index contributed by atoms with van der Waals surface area (Å²) in [6, 6.07) is 58.6. The number of alkyl halides is 4. The lowest BCUT2D eigenvalue weighted by Gasteiger charge is -2.18. The third-order valence-corrected chi connectivity index (χ3v) is 17.2. The second-order valence-electron chi connectivity index (χ2n) is 21.5. The second-order valence-corrected chi connectivity index (χ2v) is 22.6. The summed E-state index contributed by atoms with van der Waals surface area (Å²) in [5.74, 6) is -0.976. The summed E-state index contributed by atoms with van der Waals surface area (Å²) in [5, 5.41) is 12.8. The molecule has 0 aromatic heterocycles. The molecule has 0 atom stereocenters. The first kappa shape index (κ1) is 60.3. The molecule has 8 bridgehead atoms. The fraction of sp³-hybridized carbons (Fsp3) is 0.0526. The Morgan fingerprint density at radius 2 is 0.457 bits per heavy atom. The summed E-state index contributed by atoms with van der Waals surface area (Å²) >= 11 is 25.6. The number of para-hydroxylation sites is 4. The average molecular weight is 1280 g/mol. The highest BCUT2D eigenvalue weighted by Gasteiger charge is 2.32. The van der Waals surface area contributed by atoms with Gasteiger partial charge in [-0.15, -0.1) is 46.4 Å². The molecule has 0 spiro atoms. The first-order valence-corrected chi connectivity index (χ1v) is 31.5. The number of hydrogen-bond acceptors (Lipinski definition) is 8.